The Hall–Kier alpha value is -3.10. The first-order valence-electron chi connectivity index (χ1n) is 10.6. The number of hydrogen-bond acceptors (Lipinski definition) is 6. The summed E-state index contributed by atoms with van der Waals surface area (Å²) in [5, 5.41) is 6.61. The van der Waals surface area contributed by atoms with Crippen LogP contribution in [0.4, 0.5) is 20.3 Å². The second-order valence-corrected chi connectivity index (χ2v) is 7.82. The molecule has 0 bridgehead atoms. The summed E-state index contributed by atoms with van der Waals surface area (Å²) >= 11 is 0. The Labute approximate surface area is 178 Å². The van der Waals surface area contributed by atoms with E-state index < -0.39 is 6.43 Å². The highest BCUT2D eigenvalue weighted by atomic mass is 19.3. The van der Waals surface area contributed by atoms with E-state index >= 15 is 0 Å². The average Bonchev–Trinajstić information content (AvgIpc) is 3.20. The molecule has 0 unspecified atom stereocenters. The number of anilines is 2. The van der Waals surface area contributed by atoms with Gasteiger partial charge < -0.3 is 15.1 Å². The molecule has 4 rings (SSSR count). The minimum Gasteiger partial charge on any atom is -0.439 e. The maximum atomic E-state index is 12.6. The van der Waals surface area contributed by atoms with Crippen LogP contribution in [0.15, 0.2) is 28.9 Å². The van der Waals surface area contributed by atoms with Crippen LogP contribution in [0.1, 0.15) is 44.4 Å². The molecule has 1 fully saturated rings. The van der Waals surface area contributed by atoms with Crippen LogP contribution in [-0.2, 0) is 4.79 Å². The van der Waals surface area contributed by atoms with Crippen molar-refractivity contribution in [3.8, 4) is 11.5 Å². The molecule has 31 heavy (non-hydrogen) atoms. The number of amides is 1. The molecule has 1 amide bonds. The second-order valence-electron chi connectivity index (χ2n) is 7.82. The Morgan fingerprint density at radius 2 is 2.00 bits per heavy atom. The molecule has 3 aromatic rings. The molecule has 0 saturated heterocycles. The maximum absolute atomic E-state index is 12.6. The first-order chi connectivity index (χ1) is 15.0. The van der Waals surface area contributed by atoms with E-state index in [1.165, 1.54) is 6.42 Å². The molecule has 0 atom stereocenters. The van der Waals surface area contributed by atoms with Crippen molar-refractivity contribution in [3.05, 3.63) is 30.4 Å². The van der Waals surface area contributed by atoms with Crippen molar-refractivity contribution in [1.82, 2.24) is 15.0 Å². The van der Waals surface area contributed by atoms with Gasteiger partial charge in [-0.3, -0.25) is 4.79 Å². The van der Waals surface area contributed by atoms with Gasteiger partial charge in [-0.25, -0.2) is 23.7 Å². The average molecular weight is 429 g/mol. The number of aromatic nitrogens is 3. The van der Waals surface area contributed by atoms with Crippen molar-refractivity contribution in [3.63, 3.8) is 0 Å². The van der Waals surface area contributed by atoms with Gasteiger partial charge in [0.25, 0.3) is 0 Å². The summed E-state index contributed by atoms with van der Waals surface area (Å²) in [4.78, 5) is 25.7. The van der Waals surface area contributed by atoms with Gasteiger partial charge in [-0.05, 0) is 18.9 Å². The highest BCUT2D eigenvalue weighted by Gasteiger charge is 2.22. The molecular weight excluding hydrogens is 404 g/mol. The van der Waals surface area contributed by atoms with Crippen LogP contribution in [0.5, 0.6) is 0 Å². The Kier molecular flexibility index (Phi) is 6.39. The predicted molar refractivity (Wildman–Crippen MR) is 114 cm³/mol. The van der Waals surface area contributed by atoms with Gasteiger partial charge in [-0.1, -0.05) is 19.3 Å². The topological polar surface area (TPSA) is 92.9 Å². The van der Waals surface area contributed by atoms with Crippen LogP contribution in [0.3, 0.4) is 0 Å². The molecular formula is C22H25F2N5O2. The summed E-state index contributed by atoms with van der Waals surface area (Å²) in [6.07, 6.45) is 5.60. The van der Waals surface area contributed by atoms with E-state index in [9.17, 15) is 13.6 Å². The van der Waals surface area contributed by atoms with Crippen LogP contribution in [0.25, 0.3) is 22.4 Å². The number of fused-ring (bicyclic) bond motifs is 1. The standard InChI is InChI=1S/C22H25F2N5O2/c1-13-26-12-19(31-13)18-9-16(25-8-7-20(23)24)15-11-27-21(10-17(15)28-18)29-22(30)14-5-3-2-4-6-14/h9-12,14,20H,2-8H2,1H3,(H,25,28)(H,27,29,30). The second kappa shape index (κ2) is 9.36. The Morgan fingerprint density at radius 3 is 2.71 bits per heavy atom. The third-order valence-electron chi connectivity index (χ3n) is 5.47. The molecule has 0 spiro atoms. The van der Waals surface area contributed by atoms with E-state index in [1.54, 1.807) is 31.5 Å². The summed E-state index contributed by atoms with van der Waals surface area (Å²) in [5.74, 6) is 1.37. The molecule has 1 aliphatic carbocycles. The number of alkyl halides is 2. The lowest BCUT2D eigenvalue weighted by atomic mass is 9.89. The maximum Gasteiger partial charge on any atom is 0.240 e. The fourth-order valence-corrected chi connectivity index (χ4v) is 3.85. The fourth-order valence-electron chi connectivity index (χ4n) is 3.85. The van der Waals surface area contributed by atoms with Crippen molar-refractivity contribution < 1.29 is 18.0 Å². The van der Waals surface area contributed by atoms with Gasteiger partial charge >= 0.3 is 0 Å². The largest absolute Gasteiger partial charge is 0.439 e. The minimum absolute atomic E-state index is 0.00860. The minimum atomic E-state index is -2.39. The molecule has 0 aliphatic heterocycles. The molecule has 0 aromatic carbocycles. The van der Waals surface area contributed by atoms with Gasteiger partial charge in [0.2, 0.25) is 12.3 Å². The normalized spacial score (nSPS) is 14.8. The van der Waals surface area contributed by atoms with E-state index in [-0.39, 0.29) is 24.8 Å². The fraction of sp³-hybridized carbons (Fsp3) is 0.455. The number of oxazole rings is 1. The van der Waals surface area contributed by atoms with Gasteiger partial charge in [-0.2, -0.15) is 0 Å². The molecule has 3 heterocycles. The molecule has 1 aliphatic rings. The molecule has 9 heteroatoms. The number of halogens is 2. The third-order valence-corrected chi connectivity index (χ3v) is 5.47. The summed E-state index contributed by atoms with van der Waals surface area (Å²) in [6.45, 7) is 1.83. The smallest absolute Gasteiger partial charge is 0.240 e. The van der Waals surface area contributed by atoms with Crippen LogP contribution in [-0.4, -0.2) is 33.8 Å². The highest BCUT2D eigenvalue weighted by molar-refractivity contribution is 5.97. The summed E-state index contributed by atoms with van der Waals surface area (Å²) in [7, 11) is 0. The molecule has 164 valence electrons. The van der Waals surface area contributed by atoms with Crippen molar-refractivity contribution >= 4 is 28.3 Å². The summed E-state index contributed by atoms with van der Waals surface area (Å²) < 4.78 is 30.8. The first kappa shape index (κ1) is 21.1. The summed E-state index contributed by atoms with van der Waals surface area (Å²) in [5.41, 5.74) is 1.70. The number of aryl methyl sites for hydroxylation is 1. The van der Waals surface area contributed by atoms with E-state index in [0.717, 1.165) is 25.7 Å². The van der Waals surface area contributed by atoms with Gasteiger partial charge in [0.05, 0.1) is 11.7 Å². The van der Waals surface area contributed by atoms with E-state index in [0.29, 0.717) is 39.8 Å². The monoisotopic (exact) mass is 429 g/mol. The van der Waals surface area contributed by atoms with Gasteiger partial charge in [0.15, 0.2) is 11.7 Å². The van der Waals surface area contributed by atoms with Crippen molar-refractivity contribution in [2.45, 2.75) is 51.9 Å². The summed E-state index contributed by atoms with van der Waals surface area (Å²) in [6, 6.07) is 3.43. The lowest BCUT2D eigenvalue weighted by molar-refractivity contribution is -0.120. The Bertz CT molecular complexity index is 1060. The van der Waals surface area contributed by atoms with Gasteiger partial charge in [0.1, 0.15) is 11.5 Å². The van der Waals surface area contributed by atoms with E-state index in [4.69, 9.17) is 4.42 Å². The zero-order valence-electron chi connectivity index (χ0n) is 17.3. The third kappa shape index (κ3) is 5.15. The zero-order chi connectivity index (χ0) is 21.8. The van der Waals surface area contributed by atoms with Crippen molar-refractivity contribution in [2.75, 3.05) is 17.2 Å². The number of carbonyl (C=O) groups excluding carboxylic acids is 1. The lowest BCUT2D eigenvalue weighted by Crippen LogP contribution is -2.25. The SMILES string of the molecule is Cc1ncc(-c2cc(NCCC(F)F)c3cnc(NC(=O)C4CCCCC4)cc3n2)o1. The van der Waals surface area contributed by atoms with E-state index in [2.05, 4.69) is 25.6 Å². The van der Waals surface area contributed by atoms with Gasteiger partial charge in [0, 0.05) is 49.1 Å². The van der Waals surface area contributed by atoms with Crippen molar-refractivity contribution in [2.24, 2.45) is 5.92 Å². The van der Waals surface area contributed by atoms with Crippen LogP contribution >= 0.6 is 0 Å². The number of pyridine rings is 2. The highest BCUT2D eigenvalue weighted by Crippen LogP contribution is 2.30. The molecule has 2 N–H and O–H groups in total. The number of carbonyl (C=O) groups is 1. The zero-order valence-corrected chi connectivity index (χ0v) is 17.3. The first-order valence-corrected chi connectivity index (χ1v) is 10.6. The van der Waals surface area contributed by atoms with E-state index in [1.807, 2.05) is 0 Å². The molecule has 7 nitrogen and oxygen atoms in total. The van der Waals surface area contributed by atoms with Crippen molar-refractivity contribution in [1.29, 1.82) is 0 Å². The lowest BCUT2D eigenvalue weighted by Gasteiger charge is -2.20. The number of rotatable bonds is 7. The van der Waals surface area contributed by atoms with Gasteiger partial charge in [-0.15, -0.1) is 0 Å². The number of nitrogens with one attached hydrogen (secondary N) is 2. The Balaban J connectivity index is 1.64. The Morgan fingerprint density at radius 1 is 1.19 bits per heavy atom. The number of hydrogen-bond donors (Lipinski definition) is 2. The van der Waals surface area contributed by atoms with Crippen LogP contribution in [0, 0.1) is 12.8 Å². The molecule has 1 saturated carbocycles. The predicted octanol–water partition coefficient (Wildman–Crippen LogP) is 5.18. The number of nitrogens with zero attached hydrogens (tertiary/aromatic N) is 3. The van der Waals surface area contributed by atoms with Crippen LogP contribution in [0.2, 0.25) is 0 Å². The molecule has 3 aromatic heterocycles. The molecule has 0 radical (unpaired) electrons. The quantitative estimate of drug-likeness (QED) is 0.538. The van der Waals surface area contributed by atoms with Crippen LogP contribution < -0.4 is 10.6 Å².